The summed E-state index contributed by atoms with van der Waals surface area (Å²) in [5, 5.41) is 3.57. The van der Waals surface area contributed by atoms with Crippen LogP contribution in [0.15, 0.2) is 18.2 Å². The molecule has 1 atom stereocenters. The van der Waals surface area contributed by atoms with Gasteiger partial charge in [0.05, 0.1) is 6.42 Å². The van der Waals surface area contributed by atoms with Gasteiger partial charge in [-0.15, -0.1) is 0 Å². The van der Waals surface area contributed by atoms with Gasteiger partial charge in [-0.05, 0) is 42.5 Å². The van der Waals surface area contributed by atoms with Crippen LogP contribution in [-0.4, -0.2) is 19.5 Å². The highest BCUT2D eigenvalue weighted by Crippen LogP contribution is 2.31. The Morgan fingerprint density at radius 1 is 1.30 bits per heavy atom. The molecule has 3 nitrogen and oxygen atoms in total. The topological polar surface area (TPSA) is 32.3 Å². The van der Waals surface area contributed by atoms with E-state index in [2.05, 4.69) is 44.3 Å². The van der Waals surface area contributed by atoms with Crippen LogP contribution in [0, 0.1) is 5.92 Å². The maximum atomic E-state index is 11.8. The van der Waals surface area contributed by atoms with Crippen LogP contribution in [-0.2, 0) is 11.2 Å². The Balaban J connectivity index is 2.18. The Labute approximate surface area is 122 Å². The van der Waals surface area contributed by atoms with Gasteiger partial charge in [-0.25, -0.2) is 0 Å². The maximum Gasteiger partial charge on any atom is 0.231 e. The molecule has 1 aliphatic rings. The van der Waals surface area contributed by atoms with Gasteiger partial charge in [-0.2, -0.15) is 0 Å². The molecule has 0 aromatic heterocycles. The molecule has 1 N–H and O–H groups in total. The molecule has 20 heavy (non-hydrogen) atoms. The van der Waals surface area contributed by atoms with Crippen LogP contribution < -0.4 is 10.2 Å². The zero-order chi connectivity index (χ0) is 14.7. The van der Waals surface area contributed by atoms with E-state index in [1.165, 1.54) is 17.5 Å². The summed E-state index contributed by atoms with van der Waals surface area (Å²) in [5.41, 5.74) is 3.55. The molecule has 1 aromatic rings. The van der Waals surface area contributed by atoms with Gasteiger partial charge in [0.15, 0.2) is 0 Å². The summed E-state index contributed by atoms with van der Waals surface area (Å²) in [7, 11) is 1.86. The molecule has 0 aliphatic carbocycles. The number of nitrogens with zero attached hydrogens (tertiary/aromatic N) is 1. The fourth-order valence-electron chi connectivity index (χ4n) is 2.84. The number of hydrogen-bond donors (Lipinski definition) is 1. The van der Waals surface area contributed by atoms with E-state index < -0.39 is 0 Å². The predicted octanol–water partition coefficient (Wildman–Crippen LogP) is 3.29. The number of carbonyl (C=O) groups excluding carboxylic acids is 1. The maximum absolute atomic E-state index is 11.8. The van der Waals surface area contributed by atoms with Crippen molar-refractivity contribution in [2.45, 2.75) is 46.1 Å². The third-order valence-corrected chi connectivity index (χ3v) is 4.07. The van der Waals surface area contributed by atoms with Gasteiger partial charge in [0, 0.05) is 18.8 Å². The molecule has 1 aromatic carbocycles. The predicted molar refractivity (Wildman–Crippen MR) is 84.0 cm³/mol. The molecule has 1 amide bonds. The first-order chi connectivity index (χ1) is 9.52. The van der Waals surface area contributed by atoms with E-state index in [0.717, 1.165) is 24.6 Å². The van der Waals surface area contributed by atoms with E-state index in [4.69, 9.17) is 0 Å². The lowest BCUT2D eigenvalue weighted by molar-refractivity contribution is -0.117. The SMILES string of the molecule is CCNC(CCC(C)C)c1ccc2c(c1)CC(=O)N2C. The number of benzene rings is 1. The highest BCUT2D eigenvalue weighted by molar-refractivity contribution is 6.00. The minimum atomic E-state index is 0.194. The number of amides is 1. The molecular weight excluding hydrogens is 248 g/mol. The molecule has 3 heteroatoms. The van der Waals surface area contributed by atoms with E-state index in [9.17, 15) is 4.79 Å². The Morgan fingerprint density at radius 3 is 2.70 bits per heavy atom. The van der Waals surface area contributed by atoms with Gasteiger partial charge >= 0.3 is 0 Å². The van der Waals surface area contributed by atoms with E-state index >= 15 is 0 Å². The van der Waals surface area contributed by atoms with Crippen LogP contribution in [0.1, 0.15) is 50.8 Å². The average molecular weight is 274 g/mol. The van der Waals surface area contributed by atoms with Crippen LogP contribution in [0.5, 0.6) is 0 Å². The number of nitrogens with one attached hydrogen (secondary N) is 1. The lowest BCUT2D eigenvalue weighted by Crippen LogP contribution is -2.21. The third-order valence-electron chi connectivity index (χ3n) is 4.07. The van der Waals surface area contributed by atoms with Crippen molar-refractivity contribution in [3.63, 3.8) is 0 Å². The van der Waals surface area contributed by atoms with Crippen molar-refractivity contribution in [1.29, 1.82) is 0 Å². The summed E-state index contributed by atoms with van der Waals surface area (Å²) >= 11 is 0. The number of hydrogen-bond acceptors (Lipinski definition) is 2. The van der Waals surface area contributed by atoms with Crippen molar-refractivity contribution in [3.05, 3.63) is 29.3 Å². The van der Waals surface area contributed by atoms with Gasteiger partial charge in [0.2, 0.25) is 5.91 Å². The summed E-state index contributed by atoms with van der Waals surface area (Å²) in [6.45, 7) is 7.64. The number of likely N-dealkylation sites (N-methyl/N-ethyl adjacent to an activating group) is 1. The summed E-state index contributed by atoms with van der Waals surface area (Å²) < 4.78 is 0. The molecule has 0 spiro atoms. The van der Waals surface area contributed by atoms with Gasteiger partial charge in [0.25, 0.3) is 0 Å². The molecule has 0 fully saturated rings. The first-order valence-corrected chi connectivity index (χ1v) is 7.65. The van der Waals surface area contributed by atoms with Crippen LogP contribution in [0.2, 0.25) is 0 Å². The lowest BCUT2D eigenvalue weighted by atomic mass is 9.95. The van der Waals surface area contributed by atoms with E-state index in [0.29, 0.717) is 12.5 Å². The molecule has 2 rings (SSSR count). The van der Waals surface area contributed by atoms with Crippen molar-refractivity contribution in [1.82, 2.24) is 5.32 Å². The second-order valence-electron chi connectivity index (χ2n) is 6.10. The number of fused-ring (bicyclic) bond motifs is 1. The Bertz CT molecular complexity index is 482. The van der Waals surface area contributed by atoms with Crippen molar-refractivity contribution in [2.75, 3.05) is 18.5 Å². The van der Waals surface area contributed by atoms with Crippen molar-refractivity contribution < 1.29 is 4.79 Å². The smallest absolute Gasteiger partial charge is 0.231 e. The highest BCUT2D eigenvalue weighted by atomic mass is 16.2. The van der Waals surface area contributed by atoms with Crippen LogP contribution >= 0.6 is 0 Å². The molecule has 1 unspecified atom stereocenters. The molecular formula is C17H26N2O. The Morgan fingerprint density at radius 2 is 2.05 bits per heavy atom. The molecule has 0 bridgehead atoms. The minimum Gasteiger partial charge on any atom is -0.315 e. The summed E-state index contributed by atoms with van der Waals surface area (Å²) in [5.74, 6) is 0.914. The normalized spacial score (nSPS) is 15.8. The van der Waals surface area contributed by atoms with E-state index in [-0.39, 0.29) is 5.91 Å². The fraction of sp³-hybridized carbons (Fsp3) is 0.588. The number of carbonyl (C=O) groups is 1. The zero-order valence-electron chi connectivity index (χ0n) is 13.1. The van der Waals surface area contributed by atoms with Crippen LogP contribution in [0.3, 0.4) is 0 Å². The molecule has 1 heterocycles. The van der Waals surface area contributed by atoms with Gasteiger partial charge in [-0.3, -0.25) is 4.79 Å². The number of rotatable bonds is 6. The molecule has 110 valence electrons. The fourth-order valence-corrected chi connectivity index (χ4v) is 2.84. The standard InChI is InChI=1S/C17H26N2O/c1-5-18-15(8-6-12(2)3)13-7-9-16-14(10-13)11-17(20)19(16)4/h7,9-10,12,15,18H,5-6,8,11H2,1-4H3. The monoisotopic (exact) mass is 274 g/mol. The van der Waals surface area contributed by atoms with Gasteiger partial charge in [0.1, 0.15) is 0 Å². The molecule has 0 saturated carbocycles. The van der Waals surface area contributed by atoms with Crippen molar-refractivity contribution in [2.24, 2.45) is 5.92 Å². The molecule has 0 saturated heterocycles. The second-order valence-corrected chi connectivity index (χ2v) is 6.10. The highest BCUT2D eigenvalue weighted by Gasteiger charge is 2.24. The van der Waals surface area contributed by atoms with E-state index in [1.54, 1.807) is 4.90 Å². The minimum absolute atomic E-state index is 0.194. The van der Waals surface area contributed by atoms with E-state index in [1.807, 2.05) is 7.05 Å². The first-order valence-electron chi connectivity index (χ1n) is 7.65. The van der Waals surface area contributed by atoms with Crippen molar-refractivity contribution >= 4 is 11.6 Å². The molecule has 0 radical (unpaired) electrons. The summed E-state index contributed by atoms with van der Waals surface area (Å²) in [6, 6.07) is 6.87. The first kappa shape index (κ1) is 15.0. The third kappa shape index (κ3) is 3.21. The molecule has 1 aliphatic heterocycles. The second kappa shape index (κ2) is 6.40. The Hall–Kier alpha value is -1.35. The summed E-state index contributed by atoms with van der Waals surface area (Å²) in [6.07, 6.45) is 2.91. The van der Waals surface area contributed by atoms with Gasteiger partial charge < -0.3 is 10.2 Å². The number of anilines is 1. The van der Waals surface area contributed by atoms with Crippen molar-refractivity contribution in [3.8, 4) is 0 Å². The lowest BCUT2D eigenvalue weighted by Gasteiger charge is -2.20. The van der Waals surface area contributed by atoms with Crippen LogP contribution in [0.4, 0.5) is 5.69 Å². The Kier molecular flexibility index (Phi) is 4.81. The largest absolute Gasteiger partial charge is 0.315 e. The zero-order valence-corrected chi connectivity index (χ0v) is 13.1. The quantitative estimate of drug-likeness (QED) is 0.863. The van der Waals surface area contributed by atoms with Crippen LogP contribution in [0.25, 0.3) is 0 Å². The average Bonchev–Trinajstić information content (AvgIpc) is 2.69. The van der Waals surface area contributed by atoms with Gasteiger partial charge in [-0.1, -0.05) is 32.9 Å². The summed E-state index contributed by atoms with van der Waals surface area (Å²) in [4.78, 5) is 13.5.